The number of thiophene rings is 1. The summed E-state index contributed by atoms with van der Waals surface area (Å²) in [5, 5.41) is 7.67. The molecule has 1 aromatic rings. The molecule has 1 heterocycles. The molecule has 0 fully saturated rings. The van der Waals surface area contributed by atoms with Crippen LogP contribution in [0.2, 0.25) is 0 Å². The normalized spacial score (nSPS) is 10.4. The lowest BCUT2D eigenvalue weighted by Gasteiger charge is -2.07. The molecule has 0 aliphatic heterocycles. The molecule has 0 spiro atoms. The van der Waals surface area contributed by atoms with Crippen LogP contribution < -0.4 is 5.32 Å². The number of nitrogens with one attached hydrogen (secondary N) is 1. The molecule has 2 heteroatoms. The molecule has 0 aliphatic carbocycles. The molecule has 0 atom stereocenters. The minimum absolute atomic E-state index is 0.535. The predicted molar refractivity (Wildman–Crippen MR) is 47.8 cm³/mol. The second-order valence-electron chi connectivity index (χ2n) is 2.77. The van der Waals surface area contributed by atoms with Crippen LogP contribution in [0.25, 0.3) is 0 Å². The standard InChI is InChI=1S/C8H13NS/c1-6(2)9-8-5-10-4-7(8)3/h4-6,9H,1-3H3. The second kappa shape index (κ2) is 3.06. The smallest absolute Gasteiger partial charge is 0.0480 e. The summed E-state index contributed by atoms with van der Waals surface area (Å²) in [5.74, 6) is 0. The predicted octanol–water partition coefficient (Wildman–Crippen LogP) is 2.88. The summed E-state index contributed by atoms with van der Waals surface area (Å²) in [4.78, 5) is 0. The van der Waals surface area contributed by atoms with Crippen molar-refractivity contribution in [2.75, 3.05) is 5.32 Å². The lowest BCUT2D eigenvalue weighted by atomic mass is 10.3. The van der Waals surface area contributed by atoms with Gasteiger partial charge in [-0.25, -0.2) is 0 Å². The molecule has 1 nitrogen and oxygen atoms in total. The van der Waals surface area contributed by atoms with Crippen LogP contribution in [0.3, 0.4) is 0 Å². The van der Waals surface area contributed by atoms with Gasteiger partial charge in [-0.05, 0) is 31.7 Å². The first kappa shape index (κ1) is 7.61. The van der Waals surface area contributed by atoms with Crippen molar-refractivity contribution in [3.63, 3.8) is 0 Å². The fraction of sp³-hybridized carbons (Fsp3) is 0.500. The Morgan fingerprint density at radius 2 is 2.10 bits per heavy atom. The van der Waals surface area contributed by atoms with Crippen LogP contribution in [0.15, 0.2) is 10.8 Å². The van der Waals surface area contributed by atoms with Crippen LogP contribution in [0.4, 0.5) is 5.69 Å². The van der Waals surface area contributed by atoms with Crippen LogP contribution in [-0.4, -0.2) is 6.04 Å². The fourth-order valence-electron chi connectivity index (χ4n) is 0.819. The van der Waals surface area contributed by atoms with E-state index in [0.717, 1.165) is 0 Å². The van der Waals surface area contributed by atoms with Gasteiger partial charge in [-0.15, -0.1) is 11.3 Å². The summed E-state index contributed by atoms with van der Waals surface area (Å²) in [6.07, 6.45) is 0. The number of rotatable bonds is 2. The van der Waals surface area contributed by atoms with E-state index in [1.165, 1.54) is 11.3 Å². The number of hydrogen-bond acceptors (Lipinski definition) is 2. The van der Waals surface area contributed by atoms with E-state index in [4.69, 9.17) is 0 Å². The summed E-state index contributed by atoms with van der Waals surface area (Å²) in [7, 11) is 0. The highest BCUT2D eigenvalue weighted by atomic mass is 32.1. The monoisotopic (exact) mass is 155 g/mol. The zero-order valence-electron chi connectivity index (χ0n) is 6.64. The van der Waals surface area contributed by atoms with Crippen molar-refractivity contribution in [3.05, 3.63) is 16.3 Å². The topological polar surface area (TPSA) is 12.0 Å². The quantitative estimate of drug-likeness (QED) is 0.692. The third kappa shape index (κ3) is 1.74. The Morgan fingerprint density at radius 1 is 1.40 bits per heavy atom. The summed E-state index contributed by atoms with van der Waals surface area (Å²) in [6.45, 7) is 6.43. The summed E-state index contributed by atoms with van der Waals surface area (Å²) in [6, 6.07) is 0.535. The molecule has 1 N–H and O–H groups in total. The second-order valence-corrected chi connectivity index (χ2v) is 3.51. The Labute approximate surface area is 66.1 Å². The average molecular weight is 155 g/mol. The highest BCUT2D eigenvalue weighted by Gasteiger charge is 1.98. The third-order valence-corrected chi connectivity index (χ3v) is 2.16. The van der Waals surface area contributed by atoms with E-state index >= 15 is 0 Å². The van der Waals surface area contributed by atoms with E-state index < -0.39 is 0 Å². The molecule has 0 amide bonds. The molecule has 0 bridgehead atoms. The van der Waals surface area contributed by atoms with Crippen molar-refractivity contribution in [1.29, 1.82) is 0 Å². The van der Waals surface area contributed by atoms with Gasteiger partial charge in [0.05, 0.1) is 0 Å². The largest absolute Gasteiger partial charge is 0.382 e. The number of aryl methyl sites for hydroxylation is 1. The Bertz CT molecular complexity index is 203. The highest BCUT2D eigenvalue weighted by molar-refractivity contribution is 7.08. The van der Waals surface area contributed by atoms with Crippen molar-refractivity contribution in [3.8, 4) is 0 Å². The summed E-state index contributed by atoms with van der Waals surface area (Å²) >= 11 is 1.75. The Hall–Kier alpha value is -0.500. The van der Waals surface area contributed by atoms with Gasteiger partial charge in [0.15, 0.2) is 0 Å². The van der Waals surface area contributed by atoms with Crippen molar-refractivity contribution in [2.24, 2.45) is 0 Å². The van der Waals surface area contributed by atoms with Crippen LogP contribution in [0, 0.1) is 6.92 Å². The van der Waals surface area contributed by atoms with Gasteiger partial charge in [0.1, 0.15) is 0 Å². The van der Waals surface area contributed by atoms with Crippen LogP contribution >= 0.6 is 11.3 Å². The van der Waals surface area contributed by atoms with Crippen LogP contribution in [0.1, 0.15) is 19.4 Å². The zero-order chi connectivity index (χ0) is 7.56. The van der Waals surface area contributed by atoms with Crippen molar-refractivity contribution in [2.45, 2.75) is 26.8 Å². The first-order valence-corrected chi connectivity index (χ1v) is 4.43. The maximum atomic E-state index is 3.36. The molecule has 0 saturated carbocycles. The van der Waals surface area contributed by atoms with Crippen molar-refractivity contribution >= 4 is 17.0 Å². The van der Waals surface area contributed by atoms with E-state index in [1.54, 1.807) is 11.3 Å². The van der Waals surface area contributed by atoms with Crippen molar-refractivity contribution in [1.82, 2.24) is 0 Å². The maximum Gasteiger partial charge on any atom is 0.0480 e. The molecule has 0 aliphatic rings. The zero-order valence-corrected chi connectivity index (χ0v) is 7.46. The summed E-state index contributed by atoms with van der Waals surface area (Å²) < 4.78 is 0. The minimum Gasteiger partial charge on any atom is -0.382 e. The Kier molecular flexibility index (Phi) is 2.33. The molecule has 0 unspecified atom stereocenters. The average Bonchev–Trinajstić information content (AvgIpc) is 2.15. The SMILES string of the molecule is Cc1cscc1NC(C)C. The first-order chi connectivity index (χ1) is 4.70. The molecule has 1 rings (SSSR count). The lowest BCUT2D eigenvalue weighted by molar-refractivity contribution is 0.899. The lowest BCUT2D eigenvalue weighted by Crippen LogP contribution is -2.09. The van der Waals surface area contributed by atoms with Gasteiger partial charge in [-0.2, -0.15) is 0 Å². The number of hydrogen-bond donors (Lipinski definition) is 1. The van der Waals surface area contributed by atoms with E-state index in [-0.39, 0.29) is 0 Å². The van der Waals surface area contributed by atoms with Gasteiger partial charge in [0.25, 0.3) is 0 Å². The highest BCUT2D eigenvalue weighted by Crippen LogP contribution is 2.19. The first-order valence-electron chi connectivity index (χ1n) is 3.49. The van der Waals surface area contributed by atoms with E-state index in [1.807, 2.05) is 0 Å². The molecule has 0 aromatic carbocycles. The van der Waals surface area contributed by atoms with Gasteiger partial charge in [-0.1, -0.05) is 0 Å². The van der Waals surface area contributed by atoms with Gasteiger partial charge < -0.3 is 5.32 Å². The molecular weight excluding hydrogens is 142 g/mol. The molecule has 0 saturated heterocycles. The summed E-state index contributed by atoms with van der Waals surface area (Å²) in [5.41, 5.74) is 2.62. The minimum atomic E-state index is 0.535. The van der Waals surface area contributed by atoms with Gasteiger partial charge in [-0.3, -0.25) is 0 Å². The maximum absolute atomic E-state index is 3.36. The van der Waals surface area contributed by atoms with E-state index in [0.29, 0.717) is 6.04 Å². The van der Waals surface area contributed by atoms with Crippen LogP contribution in [0.5, 0.6) is 0 Å². The van der Waals surface area contributed by atoms with Crippen molar-refractivity contribution < 1.29 is 0 Å². The fourth-order valence-corrected chi connectivity index (χ4v) is 1.61. The van der Waals surface area contributed by atoms with Crippen LogP contribution in [-0.2, 0) is 0 Å². The van der Waals surface area contributed by atoms with E-state index in [9.17, 15) is 0 Å². The number of anilines is 1. The third-order valence-electron chi connectivity index (χ3n) is 1.30. The Balaban J connectivity index is 2.65. The molecule has 1 aromatic heterocycles. The Morgan fingerprint density at radius 3 is 2.50 bits per heavy atom. The van der Waals surface area contributed by atoms with Gasteiger partial charge >= 0.3 is 0 Å². The van der Waals surface area contributed by atoms with Gasteiger partial charge in [0.2, 0.25) is 0 Å². The molecule has 0 radical (unpaired) electrons. The molecular formula is C8H13NS. The van der Waals surface area contributed by atoms with E-state index in [2.05, 4.69) is 36.8 Å². The molecule has 56 valence electrons. The van der Waals surface area contributed by atoms with Gasteiger partial charge in [0, 0.05) is 17.1 Å². The molecule has 10 heavy (non-hydrogen) atoms.